The maximum Gasteiger partial charge on any atom is 0.141 e. The number of carbonyl (C=O) groups excluding carboxylic acids is 1. The number of hydrogen-bond acceptors (Lipinski definition) is 3. The summed E-state index contributed by atoms with van der Waals surface area (Å²) < 4.78 is 10.9. The molecule has 1 aromatic carbocycles. The van der Waals surface area contributed by atoms with Gasteiger partial charge in [-0.25, -0.2) is 0 Å². The predicted molar refractivity (Wildman–Crippen MR) is 100 cm³/mol. The third-order valence-corrected chi connectivity index (χ3v) is 4.26. The van der Waals surface area contributed by atoms with Crippen molar-refractivity contribution < 1.29 is 14.3 Å². The van der Waals surface area contributed by atoms with Gasteiger partial charge in [-0.2, -0.15) is 0 Å². The molecule has 136 valence electrons. The van der Waals surface area contributed by atoms with E-state index in [1.54, 1.807) is 14.2 Å². The average Bonchev–Trinajstić information content (AvgIpc) is 2.44. The Morgan fingerprint density at radius 1 is 1.00 bits per heavy atom. The summed E-state index contributed by atoms with van der Waals surface area (Å²) in [6, 6.07) is 4.06. The number of carbonyl (C=O) groups is 1. The second kappa shape index (κ2) is 7.58. The van der Waals surface area contributed by atoms with Gasteiger partial charge < -0.3 is 9.47 Å². The minimum atomic E-state index is -0.339. The molecule has 0 saturated heterocycles. The first-order chi connectivity index (χ1) is 10.9. The molecule has 0 N–H and O–H groups in total. The van der Waals surface area contributed by atoms with Gasteiger partial charge in [-0.05, 0) is 42.9 Å². The molecule has 0 bridgehead atoms. The van der Waals surface area contributed by atoms with Crippen LogP contribution in [0.4, 0.5) is 0 Å². The summed E-state index contributed by atoms with van der Waals surface area (Å²) in [5, 5.41) is 0. The van der Waals surface area contributed by atoms with Gasteiger partial charge in [0.15, 0.2) is 0 Å². The molecular weight excluding hydrogens is 300 g/mol. The van der Waals surface area contributed by atoms with Crippen LogP contribution in [0.3, 0.4) is 0 Å². The van der Waals surface area contributed by atoms with Gasteiger partial charge in [0, 0.05) is 16.9 Å². The van der Waals surface area contributed by atoms with E-state index in [0.29, 0.717) is 12.2 Å². The topological polar surface area (TPSA) is 35.5 Å². The van der Waals surface area contributed by atoms with Crippen LogP contribution in [0, 0.1) is 23.7 Å². The number of ketones is 1. The van der Waals surface area contributed by atoms with Crippen LogP contribution in [0.5, 0.6) is 11.5 Å². The van der Waals surface area contributed by atoms with E-state index in [4.69, 9.17) is 9.47 Å². The fraction of sp³-hybridized carbons (Fsp3) is 0.667. The second-order valence-electron chi connectivity index (χ2n) is 8.91. The average molecular weight is 335 g/mol. The molecule has 24 heavy (non-hydrogen) atoms. The number of methoxy groups -OCH3 is 2. The smallest absolute Gasteiger partial charge is 0.141 e. The third-order valence-electron chi connectivity index (χ3n) is 4.26. The minimum absolute atomic E-state index is 0.0119. The molecule has 0 heterocycles. The van der Waals surface area contributed by atoms with E-state index >= 15 is 0 Å². The van der Waals surface area contributed by atoms with Crippen LogP contribution in [0.25, 0.3) is 0 Å². The molecule has 0 unspecified atom stereocenters. The first-order valence-corrected chi connectivity index (χ1v) is 8.65. The van der Waals surface area contributed by atoms with Gasteiger partial charge in [0.2, 0.25) is 0 Å². The Balaban J connectivity index is 3.21. The lowest BCUT2D eigenvalue weighted by Crippen LogP contribution is -2.32. The number of benzene rings is 1. The van der Waals surface area contributed by atoms with Crippen molar-refractivity contribution in [2.75, 3.05) is 14.2 Å². The zero-order chi connectivity index (χ0) is 18.7. The third kappa shape index (κ3) is 5.54. The van der Waals surface area contributed by atoms with Crippen LogP contribution in [0.2, 0.25) is 0 Å². The Hall–Kier alpha value is -1.51. The van der Waals surface area contributed by atoms with Gasteiger partial charge in [0.1, 0.15) is 17.3 Å². The first kappa shape index (κ1) is 20.5. The fourth-order valence-electron chi connectivity index (χ4n) is 3.15. The van der Waals surface area contributed by atoms with Crippen LogP contribution in [-0.2, 0) is 11.2 Å². The van der Waals surface area contributed by atoms with Crippen molar-refractivity contribution in [3.63, 3.8) is 0 Å². The minimum Gasteiger partial charge on any atom is -0.496 e. The van der Waals surface area contributed by atoms with E-state index in [-0.39, 0.29) is 16.7 Å². The fourth-order valence-corrected chi connectivity index (χ4v) is 3.15. The molecule has 0 saturated carbocycles. The van der Waals surface area contributed by atoms with E-state index in [9.17, 15) is 4.79 Å². The molecule has 0 spiro atoms. The van der Waals surface area contributed by atoms with E-state index in [1.807, 2.05) is 39.8 Å². The second-order valence-corrected chi connectivity index (χ2v) is 8.91. The molecule has 0 aromatic heterocycles. The lowest BCUT2D eigenvalue weighted by Gasteiger charge is -2.30. The Kier molecular flexibility index (Phi) is 6.49. The van der Waals surface area contributed by atoms with Crippen molar-refractivity contribution in [3.05, 3.63) is 23.3 Å². The van der Waals surface area contributed by atoms with Crippen LogP contribution in [0.1, 0.15) is 59.1 Å². The summed E-state index contributed by atoms with van der Waals surface area (Å²) in [4.78, 5) is 13.0. The highest BCUT2D eigenvalue weighted by atomic mass is 16.5. The molecule has 0 fully saturated rings. The molecule has 0 aliphatic heterocycles. The Labute approximate surface area is 147 Å². The highest BCUT2D eigenvalue weighted by Gasteiger charge is 2.32. The Bertz CT molecular complexity index is 549. The van der Waals surface area contributed by atoms with Gasteiger partial charge in [0.25, 0.3) is 0 Å². The summed E-state index contributed by atoms with van der Waals surface area (Å²) in [7, 11) is 3.33. The monoisotopic (exact) mass is 334 g/mol. The standard InChI is InChI=1S/C21H34O3/c1-14-17(23-8)11-15(12-18(14)24-9)10-16(13-20(2,3)4)19(22)21(5,6)7/h11-12,16H,10,13H2,1-9H3/t16-/m1/s1. The molecular formula is C21H34O3. The molecule has 0 aliphatic carbocycles. The molecule has 1 atom stereocenters. The van der Waals surface area contributed by atoms with Crippen molar-refractivity contribution in [2.24, 2.45) is 16.7 Å². The summed E-state index contributed by atoms with van der Waals surface area (Å²) >= 11 is 0. The molecule has 0 amide bonds. The van der Waals surface area contributed by atoms with Crippen LogP contribution < -0.4 is 9.47 Å². The largest absolute Gasteiger partial charge is 0.496 e. The quantitative estimate of drug-likeness (QED) is 0.715. The van der Waals surface area contributed by atoms with Crippen molar-refractivity contribution in [1.82, 2.24) is 0 Å². The SMILES string of the molecule is COc1cc(C[C@H](CC(C)(C)C)C(=O)C(C)(C)C)cc(OC)c1C. The highest BCUT2D eigenvalue weighted by Crippen LogP contribution is 2.35. The normalized spacial score (nSPS) is 13.5. The predicted octanol–water partition coefficient (Wildman–Crippen LogP) is 5.22. The highest BCUT2D eigenvalue weighted by molar-refractivity contribution is 5.86. The van der Waals surface area contributed by atoms with Crippen molar-refractivity contribution in [2.45, 2.75) is 61.3 Å². The Morgan fingerprint density at radius 3 is 1.79 bits per heavy atom. The van der Waals surface area contributed by atoms with Gasteiger partial charge in [0.05, 0.1) is 14.2 Å². The lowest BCUT2D eigenvalue weighted by molar-refractivity contribution is -0.131. The first-order valence-electron chi connectivity index (χ1n) is 8.65. The van der Waals surface area contributed by atoms with E-state index in [2.05, 4.69) is 20.8 Å². The summed E-state index contributed by atoms with van der Waals surface area (Å²) in [6.45, 7) is 14.5. The molecule has 0 radical (unpaired) electrons. The maximum atomic E-state index is 13.0. The number of rotatable bonds is 6. The van der Waals surface area contributed by atoms with Crippen molar-refractivity contribution in [1.29, 1.82) is 0 Å². The van der Waals surface area contributed by atoms with E-state index in [1.165, 1.54) is 0 Å². The maximum absolute atomic E-state index is 13.0. The van der Waals surface area contributed by atoms with Gasteiger partial charge in [-0.15, -0.1) is 0 Å². The lowest BCUT2D eigenvalue weighted by atomic mass is 9.73. The number of hydrogen-bond donors (Lipinski definition) is 0. The summed E-state index contributed by atoms with van der Waals surface area (Å²) in [6.07, 6.45) is 1.57. The Morgan fingerprint density at radius 2 is 1.46 bits per heavy atom. The van der Waals surface area contributed by atoms with Gasteiger partial charge in [-0.3, -0.25) is 4.79 Å². The molecule has 0 aliphatic rings. The van der Waals surface area contributed by atoms with Crippen LogP contribution in [-0.4, -0.2) is 20.0 Å². The van der Waals surface area contributed by atoms with Gasteiger partial charge in [-0.1, -0.05) is 41.5 Å². The number of Topliss-reactive ketones (excluding diaryl/α,β-unsaturated/α-hetero) is 1. The van der Waals surface area contributed by atoms with Gasteiger partial charge >= 0.3 is 0 Å². The zero-order valence-corrected chi connectivity index (χ0v) is 16.9. The molecule has 1 rings (SSSR count). The molecule has 3 nitrogen and oxygen atoms in total. The number of ether oxygens (including phenoxy) is 2. The van der Waals surface area contributed by atoms with E-state index < -0.39 is 0 Å². The zero-order valence-electron chi connectivity index (χ0n) is 16.9. The molecule has 1 aromatic rings. The van der Waals surface area contributed by atoms with E-state index in [0.717, 1.165) is 29.0 Å². The summed E-state index contributed by atoms with van der Waals surface area (Å²) in [5.74, 6) is 1.92. The summed E-state index contributed by atoms with van der Waals surface area (Å²) in [5.41, 5.74) is 1.83. The molecule has 3 heteroatoms. The van der Waals surface area contributed by atoms with Crippen molar-refractivity contribution in [3.8, 4) is 11.5 Å². The van der Waals surface area contributed by atoms with Crippen LogP contribution in [0.15, 0.2) is 12.1 Å². The van der Waals surface area contributed by atoms with Crippen molar-refractivity contribution >= 4 is 5.78 Å². The van der Waals surface area contributed by atoms with Crippen LogP contribution >= 0.6 is 0 Å².